The van der Waals surface area contributed by atoms with E-state index in [2.05, 4.69) is 12.1 Å². The molecule has 5 rings (SSSR count). The molecule has 0 bridgehead atoms. The lowest BCUT2D eigenvalue weighted by molar-refractivity contribution is 0.101. The number of ether oxygens (including phenoxy) is 1. The van der Waals surface area contributed by atoms with Gasteiger partial charge in [-0.2, -0.15) is 0 Å². The molecule has 0 saturated carbocycles. The molecule has 0 aliphatic carbocycles. The summed E-state index contributed by atoms with van der Waals surface area (Å²) in [5, 5.41) is 3.12. The van der Waals surface area contributed by atoms with Crippen molar-refractivity contribution in [3.8, 4) is 16.9 Å². The second kappa shape index (κ2) is 6.95. The Labute approximate surface area is 168 Å². The van der Waals surface area contributed by atoms with Crippen molar-refractivity contribution >= 4 is 27.5 Å². The molecule has 3 nitrogen and oxygen atoms in total. The molecule has 1 heterocycles. The molecule has 4 aromatic carbocycles. The Balaban J connectivity index is 1.84. The summed E-state index contributed by atoms with van der Waals surface area (Å²) in [6.45, 7) is 0. The highest BCUT2D eigenvalue weighted by molar-refractivity contribution is 6.21. The average Bonchev–Trinajstić information content (AvgIpc) is 3.19. The van der Waals surface area contributed by atoms with Crippen LogP contribution in [0.2, 0.25) is 0 Å². The molecule has 0 unspecified atom stereocenters. The zero-order chi connectivity index (χ0) is 19.8. The van der Waals surface area contributed by atoms with Gasteiger partial charge in [0.15, 0.2) is 5.76 Å². The second-order valence-corrected chi connectivity index (χ2v) is 6.89. The first-order chi connectivity index (χ1) is 14.3. The van der Waals surface area contributed by atoms with Crippen LogP contribution in [0.3, 0.4) is 0 Å². The van der Waals surface area contributed by atoms with Gasteiger partial charge in [0.25, 0.3) is 0 Å². The average molecular weight is 378 g/mol. The molecule has 0 fully saturated rings. The summed E-state index contributed by atoms with van der Waals surface area (Å²) in [6, 6.07) is 29.1. The van der Waals surface area contributed by atoms with Gasteiger partial charge in [-0.3, -0.25) is 4.79 Å². The molecule has 0 spiro atoms. The third kappa shape index (κ3) is 2.88. The predicted molar refractivity (Wildman–Crippen MR) is 116 cm³/mol. The van der Waals surface area contributed by atoms with Crippen LogP contribution in [-0.2, 0) is 0 Å². The van der Waals surface area contributed by atoms with Gasteiger partial charge in [-0.05, 0) is 34.5 Å². The fourth-order valence-electron chi connectivity index (χ4n) is 3.78. The number of rotatable bonds is 4. The van der Waals surface area contributed by atoms with Crippen LogP contribution >= 0.6 is 0 Å². The standard InChI is InChI=1S/C26H18O3/c1-28-20-14-11-18(12-15-20)23-24-21-10-6-5-7-17(21)13-16-22(24)29-26(23)25(27)19-8-3-2-4-9-19/h2-16H,1H3. The van der Waals surface area contributed by atoms with Crippen molar-refractivity contribution < 1.29 is 13.9 Å². The van der Waals surface area contributed by atoms with Crippen LogP contribution in [0.5, 0.6) is 5.75 Å². The summed E-state index contributed by atoms with van der Waals surface area (Å²) in [5.41, 5.74) is 3.04. The molecule has 0 saturated heterocycles. The van der Waals surface area contributed by atoms with E-state index in [1.807, 2.05) is 78.9 Å². The Morgan fingerprint density at radius 3 is 2.28 bits per heavy atom. The molecule has 3 heteroatoms. The fourth-order valence-corrected chi connectivity index (χ4v) is 3.78. The molecule has 140 valence electrons. The first kappa shape index (κ1) is 17.3. The Morgan fingerprint density at radius 1 is 0.793 bits per heavy atom. The summed E-state index contributed by atoms with van der Waals surface area (Å²) in [6.07, 6.45) is 0. The van der Waals surface area contributed by atoms with Crippen molar-refractivity contribution in [2.75, 3.05) is 7.11 Å². The number of fused-ring (bicyclic) bond motifs is 3. The van der Waals surface area contributed by atoms with Crippen molar-refractivity contribution in [2.24, 2.45) is 0 Å². The normalized spacial score (nSPS) is 11.1. The van der Waals surface area contributed by atoms with E-state index >= 15 is 0 Å². The lowest BCUT2D eigenvalue weighted by Crippen LogP contribution is -2.01. The van der Waals surface area contributed by atoms with Crippen molar-refractivity contribution in [1.82, 2.24) is 0 Å². The Bertz CT molecular complexity index is 1330. The van der Waals surface area contributed by atoms with E-state index in [0.29, 0.717) is 16.9 Å². The Kier molecular flexibility index (Phi) is 4.14. The maximum atomic E-state index is 13.4. The van der Waals surface area contributed by atoms with Gasteiger partial charge < -0.3 is 9.15 Å². The molecule has 29 heavy (non-hydrogen) atoms. The highest BCUT2D eigenvalue weighted by Crippen LogP contribution is 2.40. The Morgan fingerprint density at radius 2 is 1.52 bits per heavy atom. The maximum absolute atomic E-state index is 13.4. The van der Waals surface area contributed by atoms with E-state index < -0.39 is 0 Å². The highest BCUT2D eigenvalue weighted by Gasteiger charge is 2.24. The van der Waals surface area contributed by atoms with Gasteiger partial charge in [-0.25, -0.2) is 0 Å². The number of furan rings is 1. The van der Waals surface area contributed by atoms with Gasteiger partial charge in [0, 0.05) is 16.5 Å². The van der Waals surface area contributed by atoms with Crippen molar-refractivity contribution in [2.45, 2.75) is 0 Å². The summed E-state index contributed by atoms with van der Waals surface area (Å²) in [5.74, 6) is 0.992. The number of hydrogen-bond acceptors (Lipinski definition) is 3. The minimum atomic E-state index is -0.128. The van der Waals surface area contributed by atoms with E-state index in [9.17, 15) is 4.79 Å². The lowest BCUT2D eigenvalue weighted by atomic mass is 9.95. The van der Waals surface area contributed by atoms with Gasteiger partial charge in [-0.1, -0.05) is 72.8 Å². The van der Waals surface area contributed by atoms with E-state index in [4.69, 9.17) is 9.15 Å². The van der Waals surface area contributed by atoms with Gasteiger partial charge >= 0.3 is 0 Å². The minimum absolute atomic E-state index is 0.128. The van der Waals surface area contributed by atoms with Crippen LogP contribution in [0.25, 0.3) is 32.9 Å². The number of carbonyl (C=O) groups is 1. The highest BCUT2D eigenvalue weighted by atomic mass is 16.5. The fraction of sp³-hybridized carbons (Fsp3) is 0.0385. The van der Waals surface area contributed by atoms with Crippen LogP contribution < -0.4 is 4.74 Å². The molecule has 5 aromatic rings. The number of benzene rings is 4. The lowest BCUT2D eigenvalue weighted by Gasteiger charge is -2.06. The van der Waals surface area contributed by atoms with E-state index in [0.717, 1.165) is 33.0 Å². The smallest absolute Gasteiger partial charge is 0.228 e. The molecule has 0 N–H and O–H groups in total. The van der Waals surface area contributed by atoms with Gasteiger partial charge in [0.05, 0.1) is 7.11 Å². The van der Waals surface area contributed by atoms with Crippen LogP contribution in [-0.4, -0.2) is 12.9 Å². The summed E-state index contributed by atoms with van der Waals surface area (Å²) in [7, 11) is 1.64. The molecular formula is C26H18O3. The zero-order valence-electron chi connectivity index (χ0n) is 15.9. The second-order valence-electron chi connectivity index (χ2n) is 6.89. The number of methoxy groups -OCH3 is 1. The third-order valence-electron chi connectivity index (χ3n) is 5.20. The topological polar surface area (TPSA) is 39.4 Å². The zero-order valence-corrected chi connectivity index (χ0v) is 15.9. The summed E-state index contributed by atoms with van der Waals surface area (Å²) >= 11 is 0. The Hall–Kier alpha value is -3.85. The first-order valence-corrected chi connectivity index (χ1v) is 9.44. The van der Waals surface area contributed by atoms with Gasteiger partial charge in [-0.15, -0.1) is 0 Å². The molecule has 0 atom stereocenters. The van der Waals surface area contributed by atoms with E-state index in [1.165, 1.54) is 0 Å². The monoisotopic (exact) mass is 378 g/mol. The summed E-state index contributed by atoms with van der Waals surface area (Å²) in [4.78, 5) is 13.4. The number of ketones is 1. The number of hydrogen-bond donors (Lipinski definition) is 0. The first-order valence-electron chi connectivity index (χ1n) is 9.44. The number of carbonyl (C=O) groups excluding carboxylic acids is 1. The van der Waals surface area contributed by atoms with Crippen LogP contribution in [0.1, 0.15) is 16.1 Å². The SMILES string of the molecule is COc1ccc(-c2c(C(=O)c3ccccc3)oc3ccc4ccccc4c23)cc1. The van der Waals surface area contributed by atoms with Crippen LogP contribution in [0.4, 0.5) is 0 Å². The molecule has 0 aliphatic rings. The predicted octanol–water partition coefficient (Wildman–Crippen LogP) is 6.49. The van der Waals surface area contributed by atoms with Gasteiger partial charge in [0.1, 0.15) is 11.3 Å². The third-order valence-corrected chi connectivity index (χ3v) is 5.20. The largest absolute Gasteiger partial charge is 0.497 e. The molecule has 1 aromatic heterocycles. The van der Waals surface area contributed by atoms with Gasteiger partial charge in [0.2, 0.25) is 5.78 Å². The molecular weight excluding hydrogens is 360 g/mol. The van der Waals surface area contributed by atoms with Crippen LogP contribution in [0.15, 0.2) is 95.4 Å². The summed E-state index contributed by atoms with van der Waals surface area (Å²) < 4.78 is 11.5. The quantitative estimate of drug-likeness (QED) is 0.335. The van der Waals surface area contributed by atoms with Crippen molar-refractivity contribution in [1.29, 1.82) is 0 Å². The van der Waals surface area contributed by atoms with Crippen LogP contribution in [0, 0.1) is 0 Å². The molecule has 0 aliphatic heterocycles. The van der Waals surface area contributed by atoms with Crippen molar-refractivity contribution in [3.63, 3.8) is 0 Å². The minimum Gasteiger partial charge on any atom is -0.497 e. The maximum Gasteiger partial charge on any atom is 0.228 e. The van der Waals surface area contributed by atoms with Crippen molar-refractivity contribution in [3.05, 3.63) is 102 Å². The van der Waals surface area contributed by atoms with E-state index in [1.54, 1.807) is 7.11 Å². The molecule has 0 amide bonds. The molecule has 0 radical (unpaired) electrons. The van der Waals surface area contributed by atoms with E-state index in [-0.39, 0.29) is 5.78 Å².